The molecule has 0 spiro atoms. The first-order valence-corrected chi connectivity index (χ1v) is 9.47. The van der Waals surface area contributed by atoms with Crippen LogP contribution in [0.15, 0.2) is 43.1 Å². The van der Waals surface area contributed by atoms with Crippen molar-refractivity contribution in [3.63, 3.8) is 0 Å². The number of aryl methyl sites for hydroxylation is 1. The van der Waals surface area contributed by atoms with Gasteiger partial charge in [0.2, 0.25) is 5.91 Å². The molecule has 3 aromatic heterocycles. The smallest absolute Gasteiger partial charge is 0.219 e. The molecule has 144 valence electrons. The number of carbonyl (C=O) groups is 1. The predicted molar refractivity (Wildman–Crippen MR) is 105 cm³/mol. The predicted octanol–water partition coefficient (Wildman–Crippen LogP) is 2.14. The van der Waals surface area contributed by atoms with Crippen molar-refractivity contribution in [3.05, 3.63) is 54.4 Å². The Hall–Kier alpha value is -3.29. The second-order valence-electron chi connectivity index (χ2n) is 6.81. The van der Waals surface area contributed by atoms with Gasteiger partial charge in [0, 0.05) is 50.7 Å². The van der Waals surface area contributed by atoms with Crippen molar-refractivity contribution in [2.24, 2.45) is 0 Å². The third-order valence-corrected chi connectivity index (χ3v) is 4.85. The molecule has 0 unspecified atom stereocenters. The minimum absolute atomic E-state index is 0.0680. The van der Waals surface area contributed by atoms with Gasteiger partial charge in [-0.3, -0.25) is 9.78 Å². The number of rotatable bonds is 6. The van der Waals surface area contributed by atoms with Gasteiger partial charge < -0.3 is 14.8 Å². The zero-order chi connectivity index (χ0) is 19.3. The number of hydrogen-bond acceptors (Lipinski definition) is 6. The summed E-state index contributed by atoms with van der Waals surface area (Å²) in [6.07, 6.45) is 9.01. The number of nitrogens with zero attached hydrogens (tertiary/aromatic N) is 6. The maximum atomic E-state index is 11.8. The van der Waals surface area contributed by atoms with Gasteiger partial charge in [0.1, 0.15) is 11.5 Å². The van der Waals surface area contributed by atoms with E-state index in [2.05, 4.69) is 19.9 Å². The molecule has 1 amide bonds. The van der Waals surface area contributed by atoms with Gasteiger partial charge >= 0.3 is 0 Å². The van der Waals surface area contributed by atoms with E-state index in [0.29, 0.717) is 18.9 Å². The largest absolute Gasteiger partial charge is 0.370 e. The molecule has 0 radical (unpaired) electrons. The van der Waals surface area contributed by atoms with Gasteiger partial charge in [-0.25, -0.2) is 15.0 Å². The van der Waals surface area contributed by atoms with Crippen LogP contribution in [0.3, 0.4) is 0 Å². The van der Waals surface area contributed by atoms with E-state index in [1.54, 1.807) is 19.3 Å². The van der Waals surface area contributed by atoms with E-state index in [1.807, 2.05) is 35.6 Å². The zero-order valence-corrected chi connectivity index (χ0v) is 15.9. The molecule has 0 bridgehead atoms. The summed E-state index contributed by atoms with van der Waals surface area (Å²) in [5.41, 5.74) is 2.72. The molecule has 0 saturated heterocycles. The molecule has 8 nitrogen and oxygen atoms in total. The number of anilines is 1. The van der Waals surface area contributed by atoms with Crippen molar-refractivity contribution in [2.45, 2.75) is 32.9 Å². The number of imidazole rings is 1. The highest BCUT2D eigenvalue weighted by molar-refractivity contribution is 5.74. The average molecular weight is 377 g/mol. The molecule has 1 N–H and O–H groups in total. The second-order valence-corrected chi connectivity index (χ2v) is 6.81. The summed E-state index contributed by atoms with van der Waals surface area (Å²) < 4.78 is 2.06. The fraction of sp³-hybridized carbons (Fsp3) is 0.350. The Kier molecular flexibility index (Phi) is 5.27. The number of aromatic nitrogens is 5. The Morgan fingerprint density at radius 2 is 2.18 bits per heavy atom. The van der Waals surface area contributed by atoms with Crippen LogP contribution < -0.4 is 5.32 Å². The minimum Gasteiger partial charge on any atom is -0.370 e. The van der Waals surface area contributed by atoms with Gasteiger partial charge in [0.05, 0.1) is 18.6 Å². The van der Waals surface area contributed by atoms with Gasteiger partial charge in [0.15, 0.2) is 5.82 Å². The second kappa shape index (κ2) is 8.16. The summed E-state index contributed by atoms with van der Waals surface area (Å²) in [7, 11) is 0. The lowest BCUT2D eigenvalue weighted by Crippen LogP contribution is -2.35. The number of hydrogen-bond donors (Lipinski definition) is 1. The van der Waals surface area contributed by atoms with E-state index in [9.17, 15) is 4.79 Å². The number of fused-ring (bicyclic) bond motifs is 1. The SMILES string of the molecule is CC(=O)N1CCc2c(nc(-c3ccccn3)nc2NCCCn2ccnc2)C1. The highest BCUT2D eigenvalue weighted by Crippen LogP contribution is 2.26. The molecule has 3 aromatic rings. The highest BCUT2D eigenvalue weighted by atomic mass is 16.2. The molecule has 0 atom stereocenters. The number of nitrogens with one attached hydrogen (secondary N) is 1. The van der Waals surface area contributed by atoms with Crippen LogP contribution in [-0.2, 0) is 24.3 Å². The van der Waals surface area contributed by atoms with Crippen LogP contribution in [-0.4, -0.2) is 48.4 Å². The van der Waals surface area contributed by atoms with E-state index in [1.165, 1.54) is 0 Å². The van der Waals surface area contributed by atoms with Crippen molar-refractivity contribution < 1.29 is 4.79 Å². The normalized spacial score (nSPS) is 13.2. The van der Waals surface area contributed by atoms with Gasteiger partial charge in [0.25, 0.3) is 0 Å². The van der Waals surface area contributed by atoms with Gasteiger partial charge in [-0.15, -0.1) is 0 Å². The van der Waals surface area contributed by atoms with E-state index in [0.717, 1.165) is 48.7 Å². The lowest BCUT2D eigenvalue weighted by molar-refractivity contribution is -0.129. The Labute approximate surface area is 163 Å². The third-order valence-electron chi connectivity index (χ3n) is 4.85. The van der Waals surface area contributed by atoms with Gasteiger partial charge in [-0.2, -0.15) is 0 Å². The first-order chi connectivity index (χ1) is 13.7. The molecular weight excluding hydrogens is 354 g/mol. The topological polar surface area (TPSA) is 88.8 Å². The number of pyridine rings is 1. The van der Waals surface area contributed by atoms with E-state index < -0.39 is 0 Å². The first kappa shape index (κ1) is 18.1. The fourth-order valence-corrected chi connectivity index (χ4v) is 3.34. The van der Waals surface area contributed by atoms with Crippen LogP contribution in [0.25, 0.3) is 11.5 Å². The molecule has 28 heavy (non-hydrogen) atoms. The van der Waals surface area contributed by atoms with Crippen LogP contribution in [0.1, 0.15) is 24.6 Å². The molecule has 0 aromatic carbocycles. The summed E-state index contributed by atoms with van der Waals surface area (Å²) >= 11 is 0. The number of amides is 1. The lowest BCUT2D eigenvalue weighted by Gasteiger charge is -2.28. The molecule has 0 fully saturated rings. The minimum atomic E-state index is 0.0680. The Bertz CT molecular complexity index is 941. The van der Waals surface area contributed by atoms with Crippen LogP contribution in [0, 0.1) is 0 Å². The molecule has 1 aliphatic rings. The van der Waals surface area contributed by atoms with E-state index >= 15 is 0 Å². The van der Waals surface area contributed by atoms with Crippen molar-refractivity contribution in [2.75, 3.05) is 18.4 Å². The third kappa shape index (κ3) is 4.00. The summed E-state index contributed by atoms with van der Waals surface area (Å²) in [6.45, 7) is 4.49. The summed E-state index contributed by atoms with van der Waals surface area (Å²) in [5.74, 6) is 1.50. The zero-order valence-electron chi connectivity index (χ0n) is 15.9. The molecule has 0 saturated carbocycles. The lowest BCUT2D eigenvalue weighted by atomic mass is 10.0. The monoisotopic (exact) mass is 377 g/mol. The Morgan fingerprint density at radius 3 is 2.93 bits per heavy atom. The van der Waals surface area contributed by atoms with E-state index in [4.69, 9.17) is 9.97 Å². The number of carbonyl (C=O) groups excluding carboxylic acids is 1. The van der Waals surface area contributed by atoms with Gasteiger partial charge in [-0.05, 0) is 25.0 Å². The van der Waals surface area contributed by atoms with Gasteiger partial charge in [-0.1, -0.05) is 6.07 Å². The average Bonchev–Trinajstić information content (AvgIpc) is 3.24. The van der Waals surface area contributed by atoms with E-state index in [-0.39, 0.29) is 5.91 Å². The fourth-order valence-electron chi connectivity index (χ4n) is 3.34. The van der Waals surface area contributed by atoms with Crippen LogP contribution in [0.4, 0.5) is 5.82 Å². The molecule has 4 rings (SSSR count). The summed E-state index contributed by atoms with van der Waals surface area (Å²) in [4.78, 5) is 31.6. The van der Waals surface area contributed by atoms with Crippen LogP contribution >= 0.6 is 0 Å². The van der Waals surface area contributed by atoms with Crippen LogP contribution in [0.5, 0.6) is 0 Å². The molecule has 8 heteroatoms. The maximum absolute atomic E-state index is 11.8. The van der Waals surface area contributed by atoms with Crippen molar-refractivity contribution in [1.82, 2.24) is 29.4 Å². The molecule has 1 aliphatic heterocycles. The van der Waals surface area contributed by atoms with Crippen LogP contribution in [0.2, 0.25) is 0 Å². The molecule has 0 aliphatic carbocycles. The van der Waals surface area contributed by atoms with Crippen molar-refractivity contribution in [1.29, 1.82) is 0 Å². The highest BCUT2D eigenvalue weighted by Gasteiger charge is 2.24. The maximum Gasteiger partial charge on any atom is 0.219 e. The Morgan fingerprint density at radius 1 is 1.25 bits per heavy atom. The summed E-state index contributed by atoms with van der Waals surface area (Å²) in [6, 6.07) is 5.69. The molecule has 4 heterocycles. The standard InChI is InChI=1S/C20H23N7O/c1-15(28)27-11-6-16-18(13-27)24-20(17-5-2-3-7-22-17)25-19(16)23-8-4-10-26-12-9-21-14-26/h2-3,5,7,9,12,14H,4,6,8,10-11,13H2,1H3,(H,23,24,25). The van der Waals surface area contributed by atoms with Crippen molar-refractivity contribution in [3.8, 4) is 11.5 Å². The molecular formula is C20H23N7O. The Balaban J connectivity index is 1.56. The summed E-state index contributed by atoms with van der Waals surface area (Å²) in [5, 5.41) is 3.47. The van der Waals surface area contributed by atoms with Crippen molar-refractivity contribution >= 4 is 11.7 Å². The first-order valence-electron chi connectivity index (χ1n) is 9.47. The quantitative estimate of drug-likeness (QED) is 0.662.